The van der Waals surface area contributed by atoms with Crippen LogP contribution in [-0.2, 0) is 9.90 Å². The van der Waals surface area contributed by atoms with Crippen molar-refractivity contribution in [3.63, 3.8) is 0 Å². The van der Waals surface area contributed by atoms with Crippen LogP contribution < -0.4 is 0 Å². The molecule has 0 aliphatic heterocycles. The number of carbonyl (C=O) groups is 1. The molecular formula is C8H15O2. The maximum absolute atomic E-state index is 10.9. The minimum atomic E-state index is -0.269. The van der Waals surface area contributed by atoms with E-state index in [4.69, 9.17) is 0 Å². The lowest BCUT2D eigenvalue weighted by Gasteiger charge is -2.15. The van der Waals surface area contributed by atoms with Gasteiger partial charge in [-0.3, -0.25) is 4.79 Å². The summed E-state index contributed by atoms with van der Waals surface area (Å²) in [7, 11) is 0. The van der Waals surface area contributed by atoms with Crippen LogP contribution in [0.2, 0.25) is 0 Å². The zero-order valence-electron chi connectivity index (χ0n) is 6.94. The Balaban J connectivity index is 3.58. The van der Waals surface area contributed by atoms with Crippen molar-refractivity contribution in [3.05, 3.63) is 0 Å². The molecule has 2 nitrogen and oxygen atoms in total. The molecule has 0 aliphatic rings. The van der Waals surface area contributed by atoms with E-state index < -0.39 is 0 Å². The summed E-state index contributed by atoms with van der Waals surface area (Å²) in [5.74, 6) is 0.0856. The molecule has 2 heteroatoms. The minimum absolute atomic E-state index is 0.0340. The lowest BCUT2D eigenvalue weighted by Crippen LogP contribution is -2.13. The summed E-state index contributed by atoms with van der Waals surface area (Å²) < 4.78 is 0. The average molecular weight is 143 g/mol. The second-order valence-electron chi connectivity index (χ2n) is 3.73. The van der Waals surface area contributed by atoms with Crippen molar-refractivity contribution >= 4 is 5.78 Å². The van der Waals surface area contributed by atoms with Gasteiger partial charge in [-0.1, -0.05) is 20.8 Å². The molecule has 59 valence electrons. The summed E-state index contributed by atoms with van der Waals surface area (Å²) in [6, 6.07) is 0. The number of ketones is 1. The lowest BCUT2D eigenvalue weighted by atomic mass is 9.89. The molecule has 0 atom stereocenters. The summed E-state index contributed by atoms with van der Waals surface area (Å²) in [6.07, 6.45) is 0.715. The molecule has 1 radical (unpaired) electrons. The largest absolute Gasteiger partial charge is 0.300 e. The van der Waals surface area contributed by atoms with Gasteiger partial charge in [0.15, 0.2) is 0 Å². The molecule has 0 aromatic carbocycles. The van der Waals surface area contributed by atoms with Crippen LogP contribution in [0.1, 0.15) is 33.6 Å². The fourth-order valence-corrected chi connectivity index (χ4v) is 0.794. The van der Waals surface area contributed by atoms with Gasteiger partial charge in [0.1, 0.15) is 5.78 Å². The third-order valence-corrected chi connectivity index (χ3v) is 1.11. The van der Waals surface area contributed by atoms with Gasteiger partial charge in [0, 0.05) is 12.8 Å². The van der Waals surface area contributed by atoms with Gasteiger partial charge in [-0.15, -0.1) is 0 Å². The van der Waals surface area contributed by atoms with Gasteiger partial charge >= 0.3 is 0 Å². The first kappa shape index (κ1) is 9.63. The predicted octanol–water partition coefficient (Wildman–Crippen LogP) is 1.81. The molecule has 0 aromatic heterocycles. The molecule has 0 unspecified atom stereocenters. The molecule has 0 bridgehead atoms. The van der Waals surface area contributed by atoms with E-state index in [1.807, 2.05) is 20.8 Å². The van der Waals surface area contributed by atoms with Crippen LogP contribution in [0, 0.1) is 5.41 Å². The molecular weight excluding hydrogens is 128 g/mol. The Morgan fingerprint density at radius 1 is 1.30 bits per heavy atom. The first-order valence-electron chi connectivity index (χ1n) is 3.55. The molecule has 10 heavy (non-hydrogen) atoms. The predicted molar refractivity (Wildman–Crippen MR) is 39.2 cm³/mol. The average Bonchev–Trinajstić information content (AvgIpc) is 1.59. The lowest BCUT2D eigenvalue weighted by molar-refractivity contribution is -0.121. The molecule has 0 heterocycles. The Labute approximate surface area is 62.2 Å². The first-order valence-corrected chi connectivity index (χ1v) is 3.55. The van der Waals surface area contributed by atoms with Crippen LogP contribution in [0.4, 0.5) is 0 Å². The van der Waals surface area contributed by atoms with E-state index in [0.717, 1.165) is 0 Å². The Morgan fingerprint density at radius 3 is 2.10 bits per heavy atom. The zero-order chi connectivity index (χ0) is 8.20. The number of hydrogen-bond donors (Lipinski definition) is 0. The van der Waals surface area contributed by atoms with Gasteiger partial charge < -0.3 is 0 Å². The summed E-state index contributed by atoms with van der Waals surface area (Å²) in [5.41, 5.74) is 0.0340. The van der Waals surface area contributed by atoms with E-state index in [1.165, 1.54) is 0 Å². The Hall–Kier alpha value is -0.370. The normalized spacial score (nSPS) is 11.6. The highest BCUT2D eigenvalue weighted by Crippen LogP contribution is 2.19. The summed E-state index contributed by atoms with van der Waals surface area (Å²) in [6.45, 7) is 5.72. The van der Waals surface area contributed by atoms with E-state index in [9.17, 15) is 9.90 Å². The Bertz CT molecular complexity index is 111. The fraction of sp³-hybridized carbons (Fsp3) is 0.875. The molecule has 0 fully saturated rings. The van der Waals surface area contributed by atoms with E-state index in [0.29, 0.717) is 6.42 Å². The zero-order valence-corrected chi connectivity index (χ0v) is 6.94. The standard InChI is InChI=1S/C8H15O2/c1-8(2,3)6-7(10)4-5-9/h4-6H2,1-3H3. The van der Waals surface area contributed by atoms with Gasteiger partial charge in [-0.05, 0) is 5.41 Å². The molecule has 0 amide bonds. The van der Waals surface area contributed by atoms with E-state index in [2.05, 4.69) is 0 Å². The molecule has 0 aliphatic carbocycles. The summed E-state index contributed by atoms with van der Waals surface area (Å²) in [4.78, 5) is 10.9. The van der Waals surface area contributed by atoms with Crippen molar-refractivity contribution in [1.29, 1.82) is 0 Å². The van der Waals surface area contributed by atoms with Crippen molar-refractivity contribution in [1.82, 2.24) is 0 Å². The summed E-state index contributed by atoms with van der Waals surface area (Å²) >= 11 is 0. The van der Waals surface area contributed by atoms with Crippen LogP contribution in [-0.4, -0.2) is 12.4 Å². The number of rotatable bonds is 3. The number of hydrogen-bond acceptors (Lipinski definition) is 1. The van der Waals surface area contributed by atoms with Crippen LogP contribution >= 0.6 is 0 Å². The highest BCUT2D eigenvalue weighted by atomic mass is 16.3. The number of Topliss-reactive ketones (excluding diaryl/α,β-unsaturated/α-hetero) is 1. The molecule has 0 N–H and O–H groups in total. The Morgan fingerprint density at radius 2 is 1.80 bits per heavy atom. The van der Waals surface area contributed by atoms with Crippen molar-refractivity contribution < 1.29 is 9.90 Å². The molecule has 0 saturated heterocycles. The van der Waals surface area contributed by atoms with Gasteiger partial charge in [0.2, 0.25) is 0 Å². The topological polar surface area (TPSA) is 37.0 Å². The molecule has 0 rings (SSSR count). The molecule has 0 aromatic rings. The molecule has 0 saturated carbocycles. The second kappa shape index (κ2) is 3.71. The van der Waals surface area contributed by atoms with E-state index >= 15 is 0 Å². The van der Waals surface area contributed by atoms with Crippen LogP contribution in [0.3, 0.4) is 0 Å². The van der Waals surface area contributed by atoms with Gasteiger partial charge in [-0.2, -0.15) is 0 Å². The van der Waals surface area contributed by atoms with Crippen molar-refractivity contribution in [2.24, 2.45) is 5.41 Å². The maximum atomic E-state index is 10.9. The van der Waals surface area contributed by atoms with Crippen LogP contribution in [0.25, 0.3) is 0 Å². The SMILES string of the molecule is CC(C)(C)CC(=O)CC[O]. The third-order valence-electron chi connectivity index (χ3n) is 1.11. The third kappa shape index (κ3) is 5.76. The van der Waals surface area contributed by atoms with Crippen LogP contribution in [0.15, 0.2) is 0 Å². The Kier molecular flexibility index (Phi) is 3.58. The highest BCUT2D eigenvalue weighted by molar-refractivity contribution is 5.78. The fourth-order valence-electron chi connectivity index (χ4n) is 0.794. The van der Waals surface area contributed by atoms with Gasteiger partial charge in [0.25, 0.3) is 0 Å². The minimum Gasteiger partial charge on any atom is -0.300 e. The number of carbonyl (C=O) groups excluding carboxylic acids is 1. The quantitative estimate of drug-likeness (QED) is 0.593. The highest BCUT2D eigenvalue weighted by Gasteiger charge is 2.14. The van der Waals surface area contributed by atoms with Crippen LogP contribution in [0.5, 0.6) is 0 Å². The monoisotopic (exact) mass is 143 g/mol. The maximum Gasteiger partial charge on any atom is 0.135 e. The van der Waals surface area contributed by atoms with Crippen molar-refractivity contribution in [2.75, 3.05) is 6.61 Å². The molecule has 0 spiro atoms. The van der Waals surface area contributed by atoms with Gasteiger partial charge in [0.05, 0.1) is 6.61 Å². The van der Waals surface area contributed by atoms with E-state index in [1.54, 1.807) is 0 Å². The smallest absolute Gasteiger partial charge is 0.135 e. The van der Waals surface area contributed by atoms with Crippen molar-refractivity contribution in [2.45, 2.75) is 33.6 Å². The van der Waals surface area contributed by atoms with Gasteiger partial charge in [-0.25, -0.2) is 5.11 Å². The van der Waals surface area contributed by atoms with E-state index in [-0.39, 0.29) is 24.2 Å². The summed E-state index contributed by atoms with van der Waals surface area (Å²) in [5, 5.41) is 10.0. The van der Waals surface area contributed by atoms with Crippen molar-refractivity contribution in [3.8, 4) is 0 Å². The second-order valence-corrected chi connectivity index (χ2v) is 3.73. The first-order chi connectivity index (χ1) is 4.45.